The largest absolute Gasteiger partial charge is 0.319 e. The Morgan fingerprint density at radius 2 is 2.06 bits per heavy atom. The Labute approximate surface area is 111 Å². The van der Waals surface area contributed by atoms with Gasteiger partial charge in [-0.25, -0.2) is 4.39 Å². The van der Waals surface area contributed by atoms with Gasteiger partial charge in [0.05, 0.1) is 0 Å². The molecule has 0 bridgehead atoms. The van der Waals surface area contributed by atoms with Crippen LogP contribution in [0.5, 0.6) is 0 Å². The second-order valence-electron chi connectivity index (χ2n) is 5.15. The molecule has 1 aromatic carbocycles. The van der Waals surface area contributed by atoms with Crippen molar-refractivity contribution < 1.29 is 4.39 Å². The summed E-state index contributed by atoms with van der Waals surface area (Å²) in [5.41, 5.74) is 1.42. The molecule has 0 aromatic heterocycles. The molecule has 3 heteroatoms. The fourth-order valence-electron chi connectivity index (χ4n) is 3.00. The van der Waals surface area contributed by atoms with E-state index < -0.39 is 0 Å². The van der Waals surface area contributed by atoms with E-state index in [2.05, 4.69) is 21.2 Å². The van der Waals surface area contributed by atoms with Crippen LogP contribution in [0.3, 0.4) is 0 Å². The molecule has 0 saturated heterocycles. The lowest BCUT2D eigenvalue weighted by molar-refractivity contribution is 0.285. The van der Waals surface area contributed by atoms with Crippen LogP contribution in [0.2, 0.25) is 0 Å². The summed E-state index contributed by atoms with van der Waals surface area (Å²) in [5.74, 6) is -0.138. The predicted octanol–water partition coefficient (Wildman–Crippen LogP) is 3.91. The molecule has 1 aliphatic rings. The van der Waals surface area contributed by atoms with E-state index in [1.165, 1.54) is 31.7 Å². The van der Waals surface area contributed by atoms with E-state index >= 15 is 0 Å². The number of halogens is 2. The molecule has 0 spiro atoms. The minimum Gasteiger partial charge on any atom is -0.319 e. The summed E-state index contributed by atoms with van der Waals surface area (Å²) in [6.45, 7) is 1.02. The molecule has 0 aliphatic heterocycles. The Balaban J connectivity index is 2.19. The highest BCUT2D eigenvalue weighted by Crippen LogP contribution is 2.41. The van der Waals surface area contributed by atoms with Crippen LogP contribution in [0, 0.1) is 11.2 Å². The molecule has 1 aromatic rings. The van der Waals surface area contributed by atoms with Crippen molar-refractivity contribution in [2.45, 2.75) is 32.1 Å². The first-order chi connectivity index (χ1) is 8.15. The molecule has 17 heavy (non-hydrogen) atoms. The number of benzene rings is 1. The maximum absolute atomic E-state index is 13.3. The summed E-state index contributed by atoms with van der Waals surface area (Å²) in [7, 11) is 2.00. The summed E-state index contributed by atoms with van der Waals surface area (Å²) in [6, 6.07) is 4.99. The molecule has 1 aliphatic carbocycles. The zero-order valence-corrected chi connectivity index (χ0v) is 11.8. The number of rotatable bonds is 4. The standard InChI is InChI=1S/C14H19BrFN/c1-17-10-14(6-2-3-7-14)9-11-8-12(16)4-5-13(11)15/h4-5,8,17H,2-3,6-7,9-10H2,1H3. The monoisotopic (exact) mass is 299 g/mol. The molecule has 0 heterocycles. The van der Waals surface area contributed by atoms with Crippen LogP contribution in [0.15, 0.2) is 22.7 Å². The van der Waals surface area contributed by atoms with E-state index in [0.717, 1.165) is 23.0 Å². The van der Waals surface area contributed by atoms with Gasteiger partial charge in [0.25, 0.3) is 0 Å². The van der Waals surface area contributed by atoms with Crippen LogP contribution in [-0.2, 0) is 6.42 Å². The van der Waals surface area contributed by atoms with Crippen LogP contribution in [0.1, 0.15) is 31.2 Å². The molecule has 0 amide bonds. The van der Waals surface area contributed by atoms with Crippen LogP contribution < -0.4 is 5.32 Å². The van der Waals surface area contributed by atoms with Crippen molar-refractivity contribution in [2.75, 3.05) is 13.6 Å². The predicted molar refractivity (Wildman–Crippen MR) is 72.6 cm³/mol. The van der Waals surface area contributed by atoms with Gasteiger partial charge in [0.1, 0.15) is 5.82 Å². The molecule has 1 N–H and O–H groups in total. The van der Waals surface area contributed by atoms with E-state index in [1.807, 2.05) is 13.1 Å². The molecular formula is C14H19BrFN. The highest BCUT2D eigenvalue weighted by Gasteiger charge is 2.33. The van der Waals surface area contributed by atoms with Gasteiger partial charge in [-0.3, -0.25) is 0 Å². The van der Waals surface area contributed by atoms with Gasteiger partial charge >= 0.3 is 0 Å². The van der Waals surface area contributed by atoms with Gasteiger partial charge in [0, 0.05) is 11.0 Å². The van der Waals surface area contributed by atoms with Crippen LogP contribution in [0.25, 0.3) is 0 Å². The molecule has 2 rings (SSSR count). The SMILES string of the molecule is CNCC1(Cc2cc(F)ccc2Br)CCCC1. The third-order valence-electron chi connectivity index (χ3n) is 3.79. The maximum Gasteiger partial charge on any atom is 0.123 e. The second kappa shape index (κ2) is 5.49. The third-order valence-corrected chi connectivity index (χ3v) is 4.56. The zero-order valence-electron chi connectivity index (χ0n) is 10.2. The van der Waals surface area contributed by atoms with Crippen molar-refractivity contribution in [2.24, 2.45) is 5.41 Å². The molecule has 1 saturated carbocycles. The molecule has 94 valence electrons. The van der Waals surface area contributed by atoms with Crippen molar-refractivity contribution in [1.29, 1.82) is 0 Å². The molecular weight excluding hydrogens is 281 g/mol. The lowest BCUT2D eigenvalue weighted by Gasteiger charge is -2.29. The third kappa shape index (κ3) is 3.08. The first-order valence-electron chi connectivity index (χ1n) is 6.24. The van der Waals surface area contributed by atoms with Crippen LogP contribution in [-0.4, -0.2) is 13.6 Å². The summed E-state index contributed by atoms with van der Waals surface area (Å²) in [4.78, 5) is 0. The molecule has 0 unspecified atom stereocenters. The van der Waals surface area contributed by atoms with E-state index in [-0.39, 0.29) is 5.82 Å². The Kier molecular flexibility index (Phi) is 4.21. The molecule has 1 nitrogen and oxygen atoms in total. The quantitative estimate of drug-likeness (QED) is 0.889. The Morgan fingerprint density at radius 1 is 1.35 bits per heavy atom. The van der Waals surface area contributed by atoms with Gasteiger partial charge in [-0.2, -0.15) is 0 Å². The lowest BCUT2D eigenvalue weighted by Crippen LogP contribution is -2.32. The normalized spacial score (nSPS) is 18.5. The smallest absolute Gasteiger partial charge is 0.123 e. The summed E-state index contributed by atoms with van der Waals surface area (Å²) < 4.78 is 14.3. The number of hydrogen-bond acceptors (Lipinski definition) is 1. The van der Waals surface area contributed by atoms with Gasteiger partial charge in [-0.05, 0) is 55.5 Å². The highest BCUT2D eigenvalue weighted by molar-refractivity contribution is 9.10. The fourth-order valence-corrected chi connectivity index (χ4v) is 3.39. The van der Waals surface area contributed by atoms with Crippen molar-refractivity contribution in [3.63, 3.8) is 0 Å². The minimum atomic E-state index is -0.138. The molecule has 0 radical (unpaired) electrons. The van der Waals surface area contributed by atoms with Crippen LogP contribution >= 0.6 is 15.9 Å². The minimum absolute atomic E-state index is 0.138. The lowest BCUT2D eigenvalue weighted by atomic mass is 9.80. The number of hydrogen-bond donors (Lipinski definition) is 1. The Bertz CT molecular complexity index is 386. The van der Waals surface area contributed by atoms with Crippen molar-refractivity contribution >= 4 is 15.9 Å². The Morgan fingerprint density at radius 3 is 2.71 bits per heavy atom. The first kappa shape index (κ1) is 13.0. The van der Waals surface area contributed by atoms with E-state index in [4.69, 9.17) is 0 Å². The van der Waals surface area contributed by atoms with Gasteiger partial charge in [-0.15, -0.1) is 0 Å². The van der Waals surface area contributed by atoms with Gasteiger partial charge in [-0.1, -0.05) is 28.8 Å². The average Bonchev–Trinajstić information content (AvgIpc) is 2.73. The zero-order chi connectivity index (χ0) is 12.3. The van der Waals surface area contributed by atoms with Crippen molar-refractivity contribution in [1.82, 2.24) is 5.32 Å². The number of nitrogens with one attached hydrogen (secondary N) is 1. The summed E-state index contributed by atoms with van der Waals surface area (Å²) in [5, 5.41) is 3.30. The fraction of sp³-hybridized carbons (Fsp3) is 0.571. The highest BCUT2D eigenvalue weighted by atomic mass is 79.9. The summed E-state index contributed by atoms with van der Waals surface area (Å²) >= 11 is 3.53. The van der Waals surface area contributed by atoms with Gasteiger partial charge < -0.3 is 5.32 Å². The molecule has 0 atom stereocenters. The van der Waals surface area contributed by atoms with E-state index in [9.17, 15) is 4.39 Å². The van der Waals surface area contributed by atoms with Gasteiger partial charge in [0.2, 0.25) is 0 Å². The van der Waals surface area contributed by atoms with E-state index in [1.54, 1.807) is 6.07 Å². The van der Waals surface area contributed by atoms with Crippen LogP contribution in [0.4, 0.5) is 4.39 Å². The Hall–Kier alpha value is -0.410. The van der Waals surface area contributed by atoms with Crippen molar-refractivity contribution in [3.05, 3.63) is 34.1 Å². The van der Waals surface area contributed by atoms with Crippen molar-refractivity contribution in [3.8, 4) is 0 Å². The topological polar surface area (TPSA) is 12.0 Å². The summed E-state index contributed by atoms with van der Waals surface area (Å²) in [6.07, 6.45) is 6.06. The maximum atomic E-state index is 13.3. The first-order valence-corrected chi connectivity index (χ1v) is 7.03. The van der Waals surface area contributed by atoms with Gasteiger partial charge in [0.15, 0.2) is 0 Å². The van der Waals surface area contributed by atoms with E-state index in [0.29, 0.717) is 5.41 Å². The average molecular weight is 300 g/mol. The second-order valence-corrected chi connectivity index (χ2v) is 6.00. The molecule has 1 fully saturated rings.